The van der Waals surface area contributed by atoms with Crippen molar-refractivity contribution >= 4 is 44.0 Å². The molecule has 0 radical (unpaired) electrons. The summed E-state index contributed by atoms with van der Waals surface area (Å²) in [5, 5.41) is 15.5. The second-order valence-electron chi connectivity index (χ2n) is 3.96. The van der Waals surface area contributed by atoms with E-state index >= 15 is 0 Å². The summed E-state index contributed by atoms with van der Waals surface area (Å²) in [7, 11) is -9.51. The van der Waals surface area contributed by atoms with Crippen molar-refractivity contribution in [1.82, 2.24) is 0 Å². The van der Waals surface area contributed by atoms with Crippen LogP contribution in [0.2, 0.25) is 0 Å². The Morgan fingerprint density at radius 2 is 0.923 bits per heavy atom. The van der Waals surface area contributed by atoms with Crippen LogP contribution >= 0.6 is 0 Å². The first-order valence-corrected chi connectivity index (χ1v) is 8.41. The largest absolute Gasteiger partial charge is 1.00 e. The van der Waals surface area contributed by atoms with Gasteiger partial charge in [0, 0.05) is 24.8 Å². The first-order chi connectivity index (χ1) is 10.5. The average molecular weight is 438 g/mol. The summed E-state index contributed by atoms with van der Waals surface area (Å²) in [5.41, 5.74) is 9.00. The third-order valence-electron chi connectivity index (χ3n) is 2.06. The van der Waals surface area contributed by atoms with Crippen LogP contribution in [0, 0.1) is 0 Å². The van der Waals surface area contributed by atoms with Crippen molar-refractivity contribution in [2.75, 3.05) is 0 Å². The summed E-state index contributed by atoms with van der Waals surface area (Å²) < 4.78 is 57.6. The van der Waals surface area contributed by atoms with Crippen LogP contribution in [0.3, 0.4) is 0 Å². The van der Waals surface area contributed by atoms with Gasteiger partial charge in [0.25, 0.3) is 20.2 Å². The SMILES string of the molecule is NC(=O)C(CC(=O)[O-])S(=O)(=O)O.NC(=O)C(CC(=O)[O-])S(=O)(=O)O.[Na+].[Na+]. The van der Waals surface area contributed by atoms with Gasteiger partial charge in [-0.05, 0) is 0 Å². The predicted octanol–water partition coefficient (Wildman–Crippen LogP) is -12.3. The maximum atomic E-state index is 10.3. The van der Waals surface area contributed by atoms with Crippen LogP contribution in [0.15, 0.2) is 0 Å². The second kappa shape index (κ2) is 13.8. The first kappa shape index (κ1) is 33.3. The van der Waals surface area contributed by atoms with Gasteiger partial charge < -0.3 is 31.3 Å². The topological polar surface area (TPSA) is 275 Å². The van der Waals surface area contributed by atoms with E-state index in [1.165, 1.54) is 0 Å². The van der Waals surface area contributed by atoms with Crippen LogP contribution in [0.25, 0.3) is 0 Å². The van der Waals surface area contributed by atoms with Crippen LogP contribution in [-0.2, 0) is 39.4 Å². The van der Waals surface area contributed by atoms with Crippen LogP contribution in [0.4, 0.5) is 0 Å². The number of aliphatic carboxylic acids is 2. The number of carbonyl (C=O) groups is 4. The van der Waals surface area contributed by atoms with E-state index in [9.17, 15) is 46.2 Å². The molecule has 26 heavy (non-hydrogen) atoms. The van der Waals surface area contributed by atoms with Crippen molar-refractivity contribution in [2.24, 2.45) is 11.5 Å². The van der Waals surface area contributed by atoms with Crippen molar-refractivity contribution < 1.29 is 114 Å². The molecule has 0 aromatic carbocycles. The molecule has 0 aromatic rings. The molecule has 0 spiro atoms. The summed E-state index contributed by atoms with van der Waals surface area (Å²) in [5.74, 6) is -6.42. The fraction of sp³-hybridized carbons (Fsp3) is 0.500. The Morgan fingerprint density at radius 3 is 0.962 bits per heavy atom. The zero-order valence-corrected chi connectivity index (χ0v) is 19.2. The molecular weight excluding hydrogens is 426 g/mol. The zero-order chi connectivity index (χ0) is 19.9. The Balaban J connectivity index is -0.000000173. The van der Waals surface area contributed by atoms with E-state index in [1.54, 1.807) is 0 Å². The fourth-order valence-corrected chi connectivity index (χ4v) is 2.29. The van der Waals surface area contributed by atoms with Gasteiger partial charge in [-0.15, -0.1) is 0 Å². The predicted molar refractivity (Wildman–Crippen MR) is 68.3 cm³/mol. The molecule has 0 fully saturated rings. The summed E-state index contributed by atoms with van der Waals surface area (Å²) in [6.07, 6.45) is -2.29. The molecule has 0 aliphatic carbocycles. The van der Waals surface area contributed by atoms with Gasteiger partial charge in [0.2, 0.25) is 11.8 Å². The molecule has 0 saturated heterocycles. The van der Waals surface area contributed by atoms with E-state index < -0.39 is 67.3 Å². The van der Waals surface area contributed by atoms with Gasteiger partial charge in [-0.3, -0.25) is 18.7 Å². The van der Waals surface area contributed by atoms with Gasteiger partial charge in [-0.25, -0.2) is 0 Å². The smallest absolute Gasteiger partial charge is 0.550 e. The molecule has 14 nitrogen and oxygen atoms in total. The van der Waals surface area contributed by atoms with E-state index in [2.05, 4.69) is 11.5 Å². The Bertz CT molecular complexity index is 658. The van der Waals surface area contributed by atoms with Crippen LogP contribution in [0.5, 0.6) is 0 Å². The number of carboxylic acids is 2. The fourth-order valence-electron chi connectivity index (χ4n) is 1.01. The molecule has 2 unspecified atom stereocenters. The minimum atomic E-state index is -4.75. The normalized spacial score (nSPS) is 12.7. The Hall–Kier alpha value is -0.300. The van der Waals surface area contributed by atoms with E-state index in [4.69, 9.17) is 9.11 Å². The van der Waals surface area contributed by atoms with Crippen LogP contribution < -0.4 is 80.8 Å². The summed E-state index contributed by atoms with van der Waals surface area (Å²) in [6, 6.07) is 0. The standard InChI is InChI=1S/2C4H7NO6S.2Na/c2*5-4(8)2(1-3(6)7)12(9,10)11;;/h2*2H,1H2,(H2,5,8)(H,6,7)(H,9,10,11);;/q;;2*+1/p-2. The van der Waals surface area contributed by atoms with E-state index in [-0.39, 0.29) is 59.1 Å². The number of carbonyl (C=O) groups excluding carboxylic acids is 4. The molecule has 0 heterocycles. The van der Waals surface area contributed by atoms with Crippen molar-refractivity contribution in [3.8, 4) is 0 Å². The maximum absolute atomic E-state index is 10.3. The number of amides is 2. The van der Waals surface area contributed by atoms with Crippen molar-refractivity contribution in [3.05, 3.63) is 0 Å². The molecule has 6 N–H and O–H groups in total. The van der Waals surface area contributed by atoms with Gasteiger partial charge in [0.15, 0.2) is 10.5 Å². The molecule has 18 heteroatoms. The molecule has 0 saturated carbocycles. The molecule has 0 rings (SSSR count). The zero-order valence-electron chi connectivity index (χ0n) is 13.5. The Labute approximate surface area is 191 Å². The van der Waals surface area contributed by atoms with Crippen molar-refractivity contribution in [3.63, 3.8) is 0 Å². The van der Waals surface area contributed by atoms with E-state index in [0.717, 1.165) is 0 Å². The molecule has 2 amide bonds. The number of rotatable bonds is 8. The number of hydrogen-bond acceptors (Lipinski definition) is 10. The third kappa shape index (κ3) is 15.9. The molecule has 2 atom stereocenters. The molecule has 140 valence electrons. The van der Waals surface area contributed by atoms with Crippen LogP contribution in [0.1, 0.15) is 12.8 Å². The van der Waals surface area contributed by atoms with Gasteiger partial charge in [-0.1, -0.05) is 0 Å². The Kier molecular flexibility index (Phi) is 17.7. The molecular formula is C8H12N2Na2O12S2. The molecule has 0 bridgehead atoms. The van der Waals surface area contributed by atoms with E-state index in [1.807, 2.05) is 0 Å². The number of primary amides is 2. The summed E-state index contributed by atoms with van der Waals surface area (Å²) >= 11 is 0. The average Bonchev–Trinajstić information content (AvgIpc) is 2.30. The van der Waals surface area contributed by atoms with Gasteiger partial charge in [-0.2, -0.15) is 16.8 Å². The van der Waals surface area contributed by atoms with E-state index in [0.29, 0.717) is 0 Å². The summed E-state index contributed by atoms with van der Waals surface area (Å²) in [6.45, 7) is 0. The Morgan fingerprint density at radius 1 is 0.731 bits per heavy atom. The molecule has 0 aliphatic heterocycles. The minimum Gasteiger partial charge on any atom is -0.550 e. The van der Waals surface area contributed by atoms with Gasteiger partial charge in [0.05, 0.1) is 0 Å². The van der Waals surface area contributed by atoms with Crippen molar-refractivity contribution in [2.45, 2.75) is 23.3 Å². The first-order valence-electron chi connectivity index (χ1n) is 5.41. The minimum absolute atomic E-state index is 0. The second-order valence-corrected chi connectivity index (χ2v) is 7.16. The number of hydrogen-bond donors (Lipinski definition) is 4. The maximum Gasteiger partial charge on any atom is 1.00 e. The third-order valence-corrected chi connectivity index (χ3v) is 4.29. The summed E-state index contributed by atoms with van der Waals surface area (Å²) in [4.78, 5) is 40.3. The van der Waals surface area contributed by atoms with Crippen LogP contribution in [-0.4, -0.2) is 60.2 Å². The van der Waals surface area contributed by atoms with Gasteiger partial charge in [0.1, 0.15) is 0 Å². The molecule has 0 aliphatic rings. The number of carboxylic acid groups (broad SMARTS) is 2. The van der Waals surface area contributed by atoms with Crippen molar-refractivity contribution in [1.29, 1.82) is 0 Å². The number of nitrogens with two attached hydrogens (primary N) is 2. The van der Waals surface area contributed by atoms with Gasteiger partial charge >= 0.3 is 59.1 Å². The molecule has 0 aromatic heterocycles. The quantitative estimate of drug-likeness (QED) is 0.203. The monoisotopic (exact) mass is 438 g/mol.